The summed E-state index contributed by atoms with van der Waals surface area (Å²) in [6.07, 6.45) is 0. The Morgan fingerprint density at radius 2 is 1.70 bits per heavy atom. The van der Waals surface area contributed by atoms with Gasteiger partial charge in [-0.05, 0) is 0 Å². The molecule has 0 aromatic carbocycles. The van der Waals surface area contributed by atoms with Crippen LogP contribution in [0.5, 0.6) is 0 Å². The fraction of sp³-hybridized carbons (Fsp3) is 1.00. The van der Waals surface area contributed by atoms with E-state index in [4.69, 9.17) is 19.3 Å². The molecule has 0 amide bonds. The highest BCUT2D eigenvalue weighted by Crippen LogP contribution is 2.29. The Kier molecular flexibility index (Phi) is 1.42. The highest BCUT2D eigenvalue weighted by atomic mass is 16.9. The van der Waals surface area contributed by atoms with E-state index < -0.39 is 5.97 Å². The molecule has 2 bridgehead atoms. The number of rotatable bonds is 1. The second-order valence-electron chi connectivity index (χ2n) is 2.64. The molecule has 3 saturated heterocycles. The van der Waals surface area contributed by atoms with Gasteiger partial charge in [0.2, 0.25) is 0 Å². The zero-order valence-corrected chi connectivity index (χ0v) is 5.58. The molecule has 0 atom stereocenters. The smallest absolute Gasteiger partial charge is 0.307 e. The number of aliphatic hydroxyl groups excluding tert-OH is 1. The lowest BCUT2D eigenvalue weighted by Crippen LogP contribution is -2.56. The van der Waals surface area contributed by atoms with Crippen LogP contribution in [0.1, 0.15) is 0 Å². The van der Waals surface area contributed by atoms with E-state index in [0.29, 0.717) is 25.7 Å². The van der Waals surface area contributed by atoms with E-state index >= 15 is 0 Å². The number of hydrogen-bond acceptors (Lipinski definition) is 4. The lowest BCUT2D eigenvalue weighted by molar-refractivity contribution is -0.455. The maximum atomic E-state index is 8.79. The predicted octanol–water partition coefficient (Wildman–Crippen LogP) is -0.674. The van der Waals surface area contributed by atoms with Crippen molar-refractivity contribution < 1.29 is 19.3 Å². The summed E-state index contributed by atoms with van der Waals surface area (Å²) in [7, 11) is 0. The van der Waals surface area contributed by atoms with Gasteiger partial charge in [-0.1, -0.05) is 0 Å². The van der Waals surface area contributed by atoms with E-state index in [-0.39, 0.29) is 6.61 Å². The molecule has 58 valence electrons. The lowest BCUT2D eigenvalue weighted by atomic mass is 10.1. The molecule has 1 N–H and O–H groups in total. The first-order valence-corrected chi connectivity index (χ1v) is 3.37. The molecule has 3 heterocycles. The van der Waals surface area contributed by atoms with Crippen molar-refractivity contribution in [1.29, 1.82) is 0 Å². The van der Waals surface area contributed by atoms with Crippen molar-refractivity contribution in [3.05, 3.63) is 0 Å². The fourth-order valence-corrected chi connectivity index (χ4v) is 1.14. The molecule has 0 saturated carbocycles. The second-order valence-corrected chi connectivity index (χ2v) is 2.64. The zero-order chi connectivity index (χ0) is 7.03. The molecule has 0 spiro atoms. The Bertz CT molecular complexity index is 114. The summed E-state index contributed by atoms with van der Waals surface area (Å²) in [5.41, 5.74) is 0. The Morgan fingerprint density at radius 1 is 1.20 bits per heavy atom. The minimum Gasteiger partial charge on any atom is -0.388 e. The van der Waals surface area contributed by atoms with Crippen LogP contribution < -0.4 is 0 Å². The quantitative estimate of drug-likeness (QED) is 0.532. The van der Waals surface area contributed by atoms with Crippen molar-refractivity contribution in [2.45, 2.75) is 5.97 Å². The summed E-state index contributed by atoms with van der Waals surface area (Å²) in [5, 5.41) is 8.79. The molecule has 0 aliphatic carbocycles. The Balaban J connectivity index is 2.08. The van der Waals surface area contributed by atoms with Crippen molar-refractivity contribution in [3.8, 4) is 0 Å². The van der Waals surface area contributed by atoms with Gasteiger partial charge in [0.05, 0.1) is 19.8 Å². The monoisotopic (exact) mass is 146 g/mol. The van der Waals surface area contributed by atoms with E-state index in [0.717, 1.165) is 0 Å². The molecule has 3 aliphatic heterocycles. The molecule has 3 aliphatic rings. The summed E-state index contributed by atoms with van der Waals surface area (Å²) in [4.78, 5) is 0. The Morgan fingerprint density at radius 3 is 2.00 bits per heavy atom. The van der Waals surface area contributed by atoms with E-state index in [2.05, 4.69) is 0 Å². The molecular formula is C6H10O4. The average Bonchev–Trinajstić information content (AvgIpc) is 2.08. The first-order chi connectivity index (χ1) is 4.85. The second kappa shape index (κ2) is 2.17. The summed E-state index contributed by atoms with van der Waals surface area (Å²) < 4.78 is 15.4. The van der Waals surface area contributed by atoms with Crippen molar-refractivity contribution in [3.63, 3.8) is 0 Å². The van der Waals surface area contributed by atoms with Gasteiger partial charge in [-0.25, -0.2) is 0 Å². The van der Waals surface area contributed by atoms with Gasteiger partial charge >= 0.3 is 5.97 Å². The van der Waals surface area contributed by atoms with Crippen LogP contribution >= 0.6 is 0 Å². The maximum absolute atomic E-state index is 8.79. The minimum atomic E-state index is -1.12. The highest BCUT2D eigenvalue weighted by molar-refractivity contribution is 4.73. The standard InChI is InChI=1S/C6H10O4/c7-4-6-8-1-5(2-9-6)3-10-6/h5,7H,1-4H2. The third-order valence-electron chi connectivity index (χ3n) is 1.81. The molecule has 0 unspecified atom stereocenters. The average molecular weight is 146 g/mol. The van der Waals surface area contributed by atoms with Gasteiger partial charge in [0.25, 0.3) is 0 Å². The number of aliphatic hydroxyl groups is 1. The molecule has 3 rings (SSSR count). The van der Waals surface area contributed by atoms with Crippen molar-refractivity contribution in [1.82, 2.24) is 0 Å². The first-order valence-electron chi connectivity index (χ1n) is 3.37. The van der Waals surface area contributed by atoms with Gasteiger partial charge in [-0.2, -0.15) is 0 Å². The Hall–Kier alpha value is -0.160. The van der Waals surface area contributed by atoms with E-state index in [1.54, 1.807) is 0 Å². The van der Waals surface area contributed by atoms with E-state index in [1.165, 1.54) is 0 Å². The Labute approximate surface area is 58.7 Å². The van der Waals surface area contributed by atoms with Crippen LogP contribution in [0.3, 0.4) is 0 Å². The summed E-state index contributed by atoms with van der Waals surface area (Å²) in [5.74, 6) is -0.761. The zero-order valence-electron chi connectivity index (χ0n) is 5.58. The molecule has 10 heavy (non-hydrogen) atoms. The molecule has 3 fully saturated rings. The van der Waals surface area contributed by atoms with Gasteiger partial charge in [0.15, 0.2) is 0 Å². The van der Waals surface area contributed by atoms with Crippen LogP contribution in [0.4, 0.5) is 0 Å². The van der Waals surface area contributed by atoms with Gasteiger partial charge in [0.1, 0.15) is 6.61 Å². The largest absolute Gasteiger partial charge is 0.388 e. The van der Waals surface area contributed by atoms with Crippen LogP contribution in [0.15, 0.2) is 0 Å². The van der Waals surface area contributed by atoms with Crippen LogP contribution in [-0.2, 0) is 14.2 Å². The number of fused-ring (bicyclic) bond motifs is 3. The van der Waals surface area contributed by atoms with Crippen LogP contribution in [0, 0.1) is 5.92 Å². The van der Waals surface area contributed by atoms with Crippen LogP contribution in [-0.4, -0.2) is 37.5 Å². The van der Waals surface area contributed by atoms with Crippen LogP contribution in [0.25, 0.3) is 0 Å². The van der Waals surface area contributed by atoms with Gasteiger partial charge in [0, 0.05) is 5.92 Å². The van der Waals surface area contributed by atoms with Gasteiger partial charge in [-0.3, -0.25) is 0 Å². The summed E-state index contributed by atoms with van der Waals surface area (Å²) >= 11 is 0. The lowest BCUT2D eigenvalue weighted by Gasteiger charge is -2.43. The van der Waals surface area contributed by atoms with E-state index in [9.17, 15) is 0 Å². The van der Waals surface area contributed by atoms with Crippen LogP contribution in [0.2, 0.25) is 0 Å². The molecule has 0 radical (unpaired) electrons. The van der Waals surface area contributed by atoms with Crippen molar-refractivity contribution >= 4 is 0 Å². The fourth-order valence-electron chi connectivity index (χ4n) is 1.14. The first kappa shape index (κ1) is 6.54. The topological polar surface area (TPSA) is 47.9 Å². The maximum Gasteiger partial charge on any atom is 0.307 e. The minimum absolute atomic E-state index is 0.223. The molecule has 0 aromatic heterocycles. The third-order valence-corrected chi connectivity index (χ3v) is 1.81. The third kappa shape index (κ3) is 0.845. The normalized spacial score (nSPS) is 45.9. The predicted molar refractivity (Wildman–Crippen MR) is 31.2 cm³/mol. The molecule has 4 nitrogen and oxygen atoms in total. The van der Waals surface area contributed by atoms with Crippen molar-refractivity contribution in [2.24, 2.45) is 5.92 Å². The molecule has 4 heteroatoms. The van der Waals surface area contributed by atoms with Gasteiger partial charge in [-0.15, -0.1) is 0 Å². The highest BCUT2D eigenvalue weighted by Gasteiger charge is 2.44. The van der Waals surface area contributed by atoms with Crippen molar-refractivity contribution in [2.75, 3.05) is 26.4 Å². The van der Waals surface area contributed by atoms with E-state index in [1.807, 2.05) is 0 Å². The summed E-state index contributed by atoms with van der Waals surface area (Å²) in [6.45, 7) is 1.70. The number of hydrogen-bond donors (Lipinski definition) is 1. The summed E-state index contributed by atoms with van der Waals surface area (Å²) in [6, 6.07) is 0. The van der Waals surface area contributed by atoms with Gasteiger partial charge < -0.3 is 19.3 Å². The molecule has 0 aromatic rings. The molecular weight excluding hydrogens is 136 g/mol. The SMILES string of the molecule is OCC12OCC(CO1)CO2. The number of ether oxygens (including phenoxy) is 3.